The van der Waals surface area contributed by atoms with Gasteiger partial charge in [-0.3, -0.25) is 37.3 Å². The van der Waals surface area contributed by atoms with Gasteiger partial charge in [0, 0.05) is 25.7 Å². The summed E-state index contributed by atoms with van der Waals surface area (Å²) >= 11 is 0. The van der Waals surface area contributed by atoms with Crippen molar-refractivity contribution in [2.75, 3.05) is 39.6 Å². The summed E-state index contributed by atoms with van der Waals surface area (Å²) in [6.45, 7) is 4.62. The van der Waals surface area contributed by atoms with Crippen molar-refractivity contribution in [3.05, 3.63) is 122 Å². The number of ether oxygens (including phenoxy) is 4. The topological polar surface area (TPSA) is 237 Å². The second-order valence-corrected chi connectivity index (χ2v) is 30.6. The van der Waals surface area contributed by atoms with Crippen LogP contribution in [0.3, 0.4) is 0 Å². The zero-order valence-electron chi connectivity index (χ0n) is 66.8. The van der Waals surface area contributed by atoms with Crippen molar-refractivity contribution in [1.29, 1.82) is 0 Å². The Labute approximate surface area is 644 Å². The molecular formula is C87H150O17P2. The van der Waals surface area contributed by atoms with Crippen molar-refractivity contribution in [3.8, 4) is 0 Å². The molecule has 0 saturated heterocycles. The first-order valence-corrected chi connectivity index (χ1v) is 44.8. The molecule has 106 heavy (non-hydrogen) atoms. The largest absolute Gasteiger partial charge is 0.472 e. The van der Waals surface area contributed by atoms with Crippen LogP contribution in [0.15, 0.2) is 122 Å². The zero-order chi connectivity index (χ0) is 77.4. The van der Waals surface area contributed by atoms with Gasteiger partial charge in [-0.05, 0) is 135 Å². The third-order valence-electron chi connectivity index (χ3n) is 17.4. The lowest BCUT2D eigenvalue weighted by Crippen LogP contribution is -2.30. The van der Waals surface area contributed by atoms with Crippen LogP contribution >= 0.6 is 15.6 Å². The molecule has 17 nitrogen and oxygen atoms in total. The predicted octanol–water partition coefficient (Wildman–Crippen LogP) is 24.7. The molecule has 0 saturated carbocycles. The van der Waals surface area contributed by atoms with Gasteiger partial charge in [0.1, 0.15) is 19.3 Å². The number of carbonyl (C=O) groups is 4. The number of phosphoric ester groups is 2. The van der Waals surface area contributed by atoms with Crippen molar-refractivity contribution in [3.63, 3.8) is 0 Å². The summed E-state index contributed by atoms with van der Waals surface area (Å²) in [7, 11) is -9.97. The Balaban J connectivity index is 5.38. The molecule has 0 radical (unpaired) electrons. The highest BCUT2D eigenvalue weighted by atomic mass is 31.2. The second kappa shape index (κ2) is 78.6. The minimum absolute atomic E-state index is 0.0789. The third kappa shape index (κ3) is 77.6. The van der Waals surface area contributed by atoms with Crippen LogP contribution in [0.4, 0.5) is 0 Å². The third-order valence-corrected chi connectivity index (χ3v) is 19.3. The molecule has 5 atom stereocenters. The summed E-state index contributed by atoms with van der Waals surface area (Å²) in [5, 5.41) is 10.7. The second-order valence-electron chi connectivity index (χ2n) is 27.7. The molecule has 19 heteroatoms. The number of allylic oxidation sites excluding steroid dienone is 20. The minimum Gasteiger partial charge on any atom is -0.462 e. The van der Waals surface area contributed by atoms with Crippen LogP contribution in [0, 0.1) is 0 Å². The highest BCUT2D eigenvalue weighted by Crippen LogP contribution is 2.45. The fraction of sp³-hybridized carbons (Fsp3) is 0.724. The quantitative estimate of drug-likeness (QED) is 0.0169. The number of aliphatic hydroxyl groups is 1. The van der Waals surface area contributed by atoms with E-state index in [0.29, 0.717) is 25.7 Å². The Morgan fingerprint density at radius 3 is 0.774 bits per heavy atom. The van der Waals surface area contributed by atoms with Gasteiger partial charge in [0.05, 0.1) is 26.4 Å². The summed E-state index contributed by atoms with van der Waals surface area (Å²) in [6.07, 6.45) is 87.3. The first kappa shape index (κ1) is 101. The van der Waals surface area contributed by atoms with Gasteiger partial charge in [0.15, 0.2) is 12.2 Å². The van der Waals surface area contributed by atoms with Crippen LogP contribution in [0.2, 0.25) is 0 Å². The monoisotopic (exact) mass is 1530 g/mol. The molecule has 610 valence electrons. The van der Waals surface area contributed by atoms with Crippen molar-refractivity contribution < 1.29 is 80.2 Å². The van der Waals surface area contributed by atoms with Crippen molar-refractivity contribution in [1.82, 2.24) is 0 Å². The van der Waals surface area contributed by atoms with E-state index >= 15 is 0 Å². The van der Waals surface area contributed by atoms with Gasteiger partial charge in [-0.15, -0.1) is 0 Å². The van der Waals surface area contributed by atoms with Gasteiger partial charge < -0.3 is 33.8 Å². The lowest BCUT2D eigenvalue weighted by atomic mass is 10.0. The van der Waals surface area contributed by atoms with Crippen molar-refractivity contribution >= 4 is 39.5 Å². The van der Waals surface area contributed by atoms with Gasteiger partial charge >= 0.3 is 39.5 Å². The molecule has 0 rings (SSSR count). The molecule has 3 N–H and O–H groups in total. The van der Waals surface area contributed by atoms with Crippen LogP contribution in [0.1, 0.15) is 349 Å². The van der Waals surface area contributed by atoms with E-state index in [1.165, 1.54) is 70.6 Å². The molecule has 0 spiro atoms. The first-order valence-electron chi connectivity index (χ1n) is 41.8. The maximum absolute atomic E-state index is 13.1. The Hall–Kier alpha value is -4.54. The van der Waals surface area contributed by atoms with Gasteiger partial charge in [-0.1, -0.05) is 310 Å². The van der Waals surface area contributed by atoms with Gasteiger partial charge in [0.25, 0.3) is 0 Å². The van der Waals surface area contributed by atoms with Crippen LogP contribution < -0.4 is 0 Å². The highest BCUT2D eigenvalue weighted by molar-refractivity contribution is 7.47. The number of unbranched alkanes of at least 4 members (excludes halogenated alkanes) is 32. The van der Waals surface area contributed by atoms with Crippen LogP contribution in [-0.2, 0) is 65.4 Å². The van der Waals surface area contributed by atoms with E-state index in [2.05, 4.69) is 149 Å². The molecule has 0 aliphatic heterocycles. The summed E-state index contributed by atoms with van der Waals surface area (Å²) in [6, 6.07) is 0. The van der Waals surface area contributed by atoms with E-state index in [4.69, 9.17) is 37.0 Å². The fourth-order valence-electron chi connectivity index (χ4n) is 11.1. The van der Waals surface area contributed by atoms with E-state index in [1.54, 1.807) is 0 Å². The fourth-order valence-corrected chi connectivity index (χ4v) is 12.7. The molecule has 0 aromatic carbocycles. The molecule has 0 aliphatic carbocycles. The molecule has 0 aliphatic rings. The van der Waals surface area contributed by atoms with E-state index in [9.17, 15) is 43.2 Å². The number of aliphatic hydroxyl groups excluding tert-OH is 1. The van der Waals surface area contributed by atoms with Gasteiger partial charge in [-0.2, -0.15) is 0 Å². The molecular weight excluding hydrogens is 1380 g/mol. The number of esters is 4. The van der Waals surface area contributed by atoms with Crippen LogP contribution in [0.25, 0.3) is 0 Å². The van der Waals surface area contributed by atoms with Crippen LogP contribution in [-0.4, -0.2) is 96.7 Å². The normalized spacial score (nSPS) is 14.4. The highest BCUT2D eigenvalue weighted by Gasteiger charge is 2.30. The van der Waals surface area contributed by atoms with Crippen LogP contribution in [0.5, 0.6) is 0 Å². The standard InChI is InChI=1S/C87H150O17P2/c1-5-9-13-17-21-25-29-33-36-39-40-43-45-49-52-56-60-64-68-72-85(90)98-78-83(104-87(92)74-70-66-62-58-54-50-46-42-38-35-31-27-23-19-15-11-7-3)80-102-106(95,96)100-76-81(88)75-99-105(93,94)101-79-82(103-86(91)73-69-65-61-57-53-47-32-28-24-20-16-12-8-4)77-97-84(89)71-67-63-59-55-51-48-44-41-37-34-30-26-22-18-14-10-6-2/h10-11,14-15,21-23,25-27,33-38,40,43-44,48,81-83,88H,5-9,12-13,16-20,24,28-32,39,41-42,45-47,49-80H2,1-4H3,(H,93,94)(H,95,96)/b14-10-,15-11-,25-21-,26-22-,27-23-,36-33-,37-34-,38-35-,43-40-,48-44-. The summed E-state index contributed by atoms with van der Waals surface area (Å²) in [4.78, 5) is 73.2. The number of rotatable bonds is 78. The lowest BCUT2D eigenvalue weighted by molar-refractivity contribution is -0.161. The van der Waals surface area contributed by atoms with E-state index in [0.717, 1.165) is 199 Å². The Morgan fingerprint density at radius 2 is 0.491 bits per heavy atom. The molecule has 0 amide bonds. The average Bonchev–Trinajstić information content (AvgIpc) is 0.937. The summed E-state index contributed by atoms with van der Waals surface area (Å²) in [5.41, 5.74) is 0. The maximum atomic E-state index is 13.1. The maximum Gasteiger partial charge on any atom is 0.472 e. The zero-order valence-corrected chi connectivity index (χ0v) is 68.6. The number of carbonyl (C=O) groups excluding carboxylic acids is 4. The van der Waals surface area contributed by atoms with E-state index in [1.807, 2.05) is 0 Å². The molecule has 5 unspecified atom stereocenters. The smallest absolute Gasteiger partial charge is 0.462 e. The number of hydrogen-bond acceptors (Lipinski definition) is 15. The van der Waals surface area contributed by atoms with Crippen molar-refractivity contribution in [2.45, 2.75) is 367 Å². The number of hydrogen-bond donors (Lipinski definition) is 3. The molecule has 0 heterocycles. The SMILES string of the molecule is CC/C=C\C/C=C\C/C=C\C/C=C\CCCCCCC(=O)OCC(COP(=O)(O)OCC(O)COP(=O)(O)OCC(COC(=O)CCCCCCCC/C=C\C/C=C\C/C=C\CCCCC)OC(=O)CCCCCCCCC/C=C\C/C=C\C/C=C\CC)OC(=O)CCCCCCCCCCCCCCC. The molecule has 0 aromatic rings. The average molecular weight is 1530 g/mol. The Bertz CT molecular complexity index is 2480. The number of phosphoric acid groups is 2. The van der Waals surface area contributed by atoms with E-state index < -0.39 is 97.5 Å². The molecule has 0 fully saturated rings. The first-order chi connectivity index (χ1) is 51.7. The Kier molecular flexibility index (Phi) is 75.2. The Morgan fingerprint density at radius 1 is 0.274 bits per heavy atom. The lowest BCUT2D eigenvalue weighted by Gasteiger charge is -2.21. The molecule has 0 bridgehead atoms. The van der Waals surface area contributed by atoms with Gasteiger partial charge in [-0.25, -0.2) is 9.13 Å². The molecule has 0 aromatic heterocycles. The summed E-state index contributed by atoms with van der Waals surface area (Å²) < 4.78 is 68.7. The minimum atomic E-state index is -4.99. The van der Waals surface area contributed by atoms with Crippen molar-refractivity contribution in [2.24, 2.45) is 0 Å². The van der Waals surface area contributed by atoms with E-state index in [-0.39, 0.29) is 25.7 Å². The van der Waals surface area contributed by atoms with Gasteiger partial charge in [0.2, 0.25) is 0 Å². The predicted molar refractivity (Wildman–Crippen MR) is 436 cm³/mol. The summed E-state index contributed by atoms with van der Waals surface area (Å²) in [5.74, 6) is -2.21.